The Hall–Kier alpha value is -1.74. The smallest absolute Gasteiger partial charge is 0.277 e. The van der Waals surface area contributed by atoms with Gasteiger partial charge < -0.3 is 9.80 Å². The van der Waals surface area contributed by atoms with Gasteiger partial charge in [0.15, 0.2) is 6.54 Å². The highest BCUT2D eigenvalue weighted by Crippen LogP contribution is 2.20. The van der Waals surface area contributed by atoms with Crippen molar-refractivity contribution in [1.29, 1.82) is 0 Å². The molecule has 0 saturated carbocycles. The molecule has 0 radical (unpaired) electrons. The molecule has 1 amide bonds. The number of aryl methyl sites for hydroxylation is 2. The summed E-state index contributed by atoms with van der Waals surface area (Å²) in [5.41, 5.74) is 3.27. The summed E-state index contributed by atoms with van der Waals surface area (Å²) in [6, 6.07) is 7.31. The molecule has 0 aliphatic carbocycles. The highest BCUT2D eigenvalue weighted by molar-refractivity contribution is 7.89. The molecule has 28 heavy (non-hydrogen) atoms. The largest absolute Gasteiger partial charge is 0.335 e. The molecule has 1 aliphatic heterocycles. The van der Waals surface area contributed by atoms with Gasteiger partial charge in [-0.1, -0.05) is 6.07 Å². The van der Waals surface area contributed by atoms with E-state index in [4.69, 9.17) is 0 Å². The van der Waals surface area contributed by atoms with Gasteiger partial charge in [0, 0.05) is 31.7 Å². The molecule has 0 bridgehead atoms. The molecular weight excluding hydrogens is 394 g/mol. The molecule has 2 aromatic rings. The van der Waals surface area contributed by atoms with Gasteiger partial charge in [-0.05, 0) is 53.9 Å². The molecule has 152 valence electrons. The Morgan fingerprint density at radius 3 is 2.43 bits per heavy atom. The number of likely N-dealkylation sites (N-methyl/N-ethyl adjacent to an activating group) is 1. The number of thiophene rings is 1. The Kier molecular flexibility index (Phi) is 6.54. The second-order valence-corrected chi connectivity index (χ2v) is 10.2. The molecule has 1 unspecified atom stereocenters. The van der Waals surface area contributed by atoms with Crippen LogP contribution in [-0.4, -0.2) is 63.3 Å². The zero-order valence-electron chi connectivity index (χ0n) is 16.6. The van der Waals surface area contributed by atoms with Crippen molar-refractivity contribution in [2.45, 2.75) is 25.3 Å². The molecule has 1 saturated heterocycles. The molecule has 1 aromatic heterocycles. The van der Waals surface area contributed by atoms with E-state index in [0.29, 0.717) is 37.6 Å². The lowest BCUT2D eigenvalue weighted by atomic mass is 10.1. The zero-order chi connectivity index (χ0) is 20.3. The lowest BCUT2D eigenvalue weighted by Gasteiger charge is -2.34. The molecular formula is C20H28N3O3S2+. The van der Waals surface area contributed by atoms with Crippen molar-refractivity contribution >= 4 is 27.3 Å². The van der Waals surface area contributed by atoms with Crippen molar-refractivity contribution < 1.29 is 18.1 Å². The molecule has 1 N–H and O–H groups in total. The second kappa shape index (κ2) is 8.73. The minimum absolute atomic E-state index is 0.0796. The summed E-state index contributed by atoms with van der Waals surface area (Å²) < 4.78 is 27.3. The van der Waals surface area contributed by atoms with Crippen LogP contribution in [0, 0.1) is 13.8 Å². The van der Waals surface area contributed by atoms with Gasteiger partial charge in [-0.15, -0.1) is 0 Å². The highest BCUT2D eigenvalue weighted by atomic mass is 32.2. The van der Waals surface area contributed by atoms with Crippen LogP contribution in [0.4, 0.5) is 0 Å². The Morgan fingerprint density at radius 1 is 1.11 bits per heavy atom. The van der Waals surface area contributed by atoms with Crippen molar-refractivity contribution in [3.63, 3.8) is 0 Å². The Balaban J connectivity index is 1.56. The molecule has 0 spiro atoms. The van der Waals surface area contributed by atoms with Crippen LogP contribution in [0.15, 0.2) is 39.9 Å². The van der Waals surface area contributed by atoms with Crippen LogP contribution < -0.4 is 4.90 Å². The van der Waals surface area contributed by atoms with Crippen molar-refractivity contribution in [3.05, 3.63) is 51.7 Å². The van der Waals surface area contributed by atoms with E-state index < -0.39 is 10.0 Å². The molecule has 1 aliphatic rings. The number of sulfonamides is 1. The number of hydrogen-bond donors (Lipinski definition) is 1. The Morgan fingerprint density at radius 2 is 1.82 bits per heavy atom. The molecule has 1 atom stereocenters. The normalized spacial score (nSPS) is 16.9. The summed E-state index contributed by atoms with van der Waals surface area (Å²) in [5, 5.41) is 4.14. The van der Waals surface area contributed by atoms with Crippen LogP contribution in [0.25, 0.3) is 0 Å². The topological polar surface area (TPSA) is 62.1 Å². The molecule has 1 fully saturated rings. The number of quaternary nitrogens is 1. The molecule has 2 heterocycles. The number of carbonyl (C=O) groups is 1. The summed E-state index contributed by atoms with van der Waals surface area (Å²) in [6.07, 6.45) is 0. The van der Waals surface area contributed by atoms with Gasteiger partial charge in [-0.25, -0.2) is 8.42 Å². The predicted molar refractivity (Wildman–Crippen MR) is 111 cm³/mol. The fourth-order valence-electron chi connectivity index (χ4n) is 3.38. The molecule has 6 nitrogen and oxygen atoms in total. The van der Waals surface area contributed by atoms with E-state index in [1.807, 2.05) is 32.3 Å². The van der Waals surface area contributed by atoms with E-state index in [1.54, 1.807) is 28.4 Å². The van der Waals surface area contributed by atoms with Gasteiger partial charge in [0.2, 0.25) is 10.0 Å². The molecule has 3 rings (SSSR count). The Bertz CT molecular complexity index is 918. The summed E-state index contributed by atoms with van der Waals surface area (Å²) in [5.74, 6) is 0.0796. The van der Waals surface area contributed by atoms with Crippen molar-refractivity contribution in [2.24, 2.45) is 0 Å². The lowest BCUT2D eigenvalue weighted by Crippen LogP contribution is -3.08. The minimum Gasteiger partial charge on any atom is -0.335 e. The lowest BCUT2D eigenvalue weighted by molar-refractivity contribution is -0.885. The summed E-state index contributed by atoms with van der Waals surface area (Å²) >= 11 is 1.66. The number of hydrogen-bond acceptors (Lipinski definition) is 4. The first-order valence-corrected chi connectivity index (χ1v) is 11.8. The van der Waals surface area contributed by atoms with Crippen LogP contribution in [0.1, 0.15) is 16.7 Å². The van der Waals surface area contributed by atoms with E-state index in [-0.39, 0.29) is 5.91 Å². The van der Waals surface area contributed by atoms with E-state index in [9.17, 15) is 13.2 Å². The number of amides is 1. The van der Waals surface area contributed by atoms with Gasteiger partial charge in [0.25, 0.3) is 5.91 Å². The quantitative estimate of drug-likeness (QED) is 0.753. The third-order valence-electron chi connectivity index (χ3n) is 5.25. The third-order valence-corrected chi connectivity index (χ3v) is 7.87. The number of rotatable bonds is 6. The number of piperazine rings is 1. The highest BCUT2D eigenvalue weighted by Gasteiger charge is 2.31. The van der Waals surface area contributed by atoms with Gasteiger partial charge >= 0.3 is 0 Å². The SMILES string of the molecule is Cc1ccc(S(=O)(=O)N2CCN(C(=O)C[NH+](C)Cc3ccsc3)CC2)cc1C. The number of nitrogens with one attached hydrogen (secondary N) is 1. The van der Waals surface area contributed by atoms with Crippen LogP contribution in [0.5, 0.6) is 0 Å². The van der Waals surface area contributed by atoms with Crippen LogP contribution in [0.2, 0.25) is 0 Å². The number of benzene rings is 1. The third kappa shape index (κ3) is 4.81. The van der Waals surface area contributed by atoms with Gasteiger partial charge in [0.1, 0.15) is 6.54 Å². The zero-order valence-corrected chi connectivity index (χ0v) is 18.3. The van der Waals surface area contributed by atoms with Gasteiger partial charge in [0.05, 0.1) is 11.9 Å². The van der Waals surface area contributed by atoms with E-state index in [0.717, 1.165) is 22.6 Å². The van der Waals surface area contributed by atoms with Crippen molar-refractivity contribution in [1.82, 2.24) is 9.21 Å². The minimum atomic E-state index is -3.52. The fourth-order valence-corrected chi connectivity index (χ4v) is 5.55. The van der Waals surface area contributed by atoms with Gasteiger partial charge in [-0.3, -0.25) is 4.79 Å². The first-order valence-electron chi connectivity index (χ1n) is 9.45. The van der Waals surface area contributed by atoms with Gasteiger partial charge in [-0.2, -0.15) is 15.6 Å². The maximum atomic E-state index is 12.9. The van der Waals surface area contributed by atoms with E-state index in [1.165, 1.54) is 9.87 Å². The second-order valence-electron chi connectivity index (χ2n) is 7.47. The fraction of sp³-hybridized carbons (Fsp3) is 0.450. The van der Waals surface area contributed by atoms with E-state index in [2.05, 4.69) is 11.4 Å². The summed E-state index contributed by atoms with van der Waals surface area (Å²) in [7, 11) is -1.51. The first kappa shape index (κ1) is 21.0. The van der Waals surface area contributed by atoms with Crippen molar-refractivity contribution in [3.8, 4) is 0 Å². The average Bonchev–Trinajstić information content (AvgIpc) is 3.16. The van der Waals surface area contributed by atoms with Crippen LogP contribution >= 0.6 is 11.3 Å². The van der Waals surface area contributed by atoms with Crippen molar-refractivity contribution in [2.75, 3.05) is 39.8 Å². The number of nitrogens with zero attached hydrogens (tertiary/aromatic N) is 2. The summed E-state index contributed by atoms with van der Waals surface area (Å²) in [4.78, 5) is 15.8. The standard InChI is InChI=1S/C20H27N3O3S2/c1-16-4-5-19(12-17(16)2)28(25,26)23-9-7-22(8-10-23)20(24)14-21(3)13-18-6-11-27-15-18/h4-6,11-12,15H,7-10,13-14H2,1-3H3/p+1. The average molecular weight is 423 g/mol. The number of carbonyl (C=O) groups excluding carboxylic acids is 1. The first-order chi connectivity index (χ1) is 13.3. The van der Waals surface area contributed by atoms with Crippen LogP contribution in [-0.2, 0) is 21.4 Å². The molecule has 1 aromatic carbocycles. The maximum Gasteiger partial charge on any atom is 0.277 e. The monoisotopic (exact) mass is 422 g/mol. The predicted octanol–water partition coefficient (Wildman–Crippen LogP) is 0.913. The summed E-state index contributed by atoms with van der Waals surface area (Å²) in [6.45, 7) is 6.67. The Labute approximate surface area is 171 Å². The van der Waals surface area contributed by atoms with E-state index >= 15 is 0 Å². The van der Waals surface area contributed by atoms with Crippen LogP contribution in [0.3, 0.4) is 0 Å². The molecule has 8 heteroatoms. The maximum absolute atomic E-state index is 12.9.